The minimum absolute atomic E-state index is 0.0448. The predicted octanol–water partition coefficient (Wildman–Crippen LogP) is 3.54. The number of alkyl carbamates (subject to hydrolysis) is 1. The van der Waals surface area contributed by atoms with Gasteiger partial charge in [-0.05, 0) is 49.6 Å². The van der Waals surface area contributed by atoms with Crippen LogP contribution in [0.4, 0.5) is 4.79 Å². The Morgan fingerprint density at radius 1 is 1.07 bits per heavy atom. The summed E-state index contributed by atoms with van der Waals surface area (Å²) in [6.45, 7) is 2.03. The number of aromatic nitrogens is 1. The number of fused-ring (bicyclic) bond motifs is 1. The fourth-order valence-electron chi connectivity index (χ4n) is 3.87. The molecule has 40 heavy (non-hydrogen) atoms. The van der Waals surface area contributed by atoms with Crippen LogP contribution in [0.3, 0.4) is 0 Å². The first-order chi connectivity index (χ1) is 19.2. The number of rotatable bonds is 11. The van der Waals surface area contributed by atoms with E-state index in [1.54, 1.807) is 36.4 Å². The fraction of sp³-hybridized carbons (Fsp3) is 0.250. The summed E-state index contributed by atoms with van der Waals surface area (Å²) in [7, 11) is -3.88. The Bertz CT molecular complexity index is 1520. The van der Waals surface area contributed by atoms with Gasteiger partial charge in [0, 0.05) is 6.54 Å². The third-order valence-corrected chi connectivity index (χ3v) is 7.36. The summed E-state index contributed by atoms with van der Waals surface area (Å²) in [4.78, 5) is 21.1. The van der Waals surface area contributed by atoms with Gasteiger partial charge in [-0.15, -0.1) is 0 Å². The number of benzene rings is 3. The first-order valence-corrected chi connectivity index (χ1v) is 14.1. The van der Waals surface area contributed by atoms with E-state index in [0.717, 1.165) is 11.1 Å². The molecule has 2 atom stereocenters. The number of hydrogen-bond donors (Lipinski definition) is 4. The van der Waals surface area contributed by atoms with Crippen molar-refractivity contribution >= 4 is 33.2 Å². The number of guanidine groups is 1. The van der Waals surface area contributed by atoms with Crippen LogP contribution in [0.1, 0.15) is 36.0 Å². The molecular weight excluding hydrogens is 534 g/mol. The van der Waals surface area contributed by atoms with Crippen molar-refractivity contribution in [2.75, 3.05) is 6.54 Å². The minimum Gasteiger partial charge on any atom is -0.445 e. The SMILES string of the molecule is Cc1ccc(S(=O)(=O)NC(N)=NCCC[C@H](NC(=O)OCc2ccccc2)C(O)c2nc3ccccc3o2)cc1. The molecule has 0 fully saturated rings. The number of nitrogens with zero attached hydrogens (tertiary/aromatic N) is 2. The number of sulfonamides is 1. The predicted molar refractivity (Wildman–Crippen MR) is 150 cm³/mol. The largest absolute Gasteiger partial charge is 0.445 e. The lowest BCUT2D eigenvalue weighted by Crippen LogP contribution is -2.40. The van der Waals surface area contributed by atoms with Crippen molar-refractivity contribution in [1.29, 1.82) is 0 Å². The summed E-state index contributed by atoms with van der Waals surface area (Å²) in [6.07, 6.45) is -1.42. The summed E-state index contributed by atoms with van der Waals surface area (Å²) in [5.41, 5.74) is 8.61. The highest BCUT2D eigenvalue weighted by Crippen LogP contribution is 2.24. The smallest absolute Gasteiger partial charge is 0.407 e. The van der Waals surface area contributed by atoms with Crippen molar-refractivity contribution in [3.05, 3.63) is 95.9 Å². The number of aliphatic imine (C=N–C) groups is 1. The van der Waals surface area contributed by atoms with Gasteiger partial charge >= 0.3 is 6.09 Å². The lowest BCUT2D eigenvalue weighted by atomic mass is 10.1. The third kappa shape index (κ3) is 7.80. The molecular formula is C28H31N5O6S. The van der Waals surface area contributed by atoms with Crippen LogP contribution in [0.25, 0.3) is 11.1 Å². The van der Waals surface area contributed by atoms with Gasteiger partial charge in [-0.1, -0.05) is 60.2 Å². The number of para-hydroxylation sites is 2. The average Bonchev–Trinajstić information content (AvgIpc) is 3.38. The van der Waals surface area contributed by atoms with E-state index in [-0.39, 0.29) is 36.3 Å². The van der Waals surface area contributed by atoms with E-state index in [2.05, 4.69) is 20.0 Å². The molecule has 0 saturated heterocycles. The molecule has 0 spiro atoms. The Balaban J connectivity index is 1.38. The van der Waals surface area contributed by atoms with Crippen molar-refractivity contribution in [3.8, 4) is 0 Å². The Morgan fingerprint density at radius 2 is 1.77 bits per heavy atom. The number of nitrogens with two attached hydrogens (primary N) is 1. The lowest BCUT2D eigenvalue weighted by Gasteiger charge is -2.21. The highest BCUT2D eigenvalue weighted by atomic mass is 32.2. The van der Waals surface area contributed by atoms with E-state index >= 15 is 0 Å². The Morgan fingerprint density at radius 3 is 2.50 bits per heavy atom. The molecule has 4 rings (SSSR count). The van der Waals surface area contributed by atoms with E-state index in [9.17, 15) is 18.3 Å². The highest BCUT2D eigenvalue weighted by Gasteiger charge is 2.27. The zero-order valence-corrected chi connectivity index (χ0v) is 22.7. The molecule has 11 nitrogen and oxygen atoms in total. The van der Waals surface area contributed by atoms with Crippen molar-refractivity contribution in [2.24, 2.45) is 10.7 Å². The van der Waals surface area contributed by atoms with E-state index in [4.69, 9.17) is 14.9 Å². The van der Waals surface area contributed by atoms with Crippen LogP contribution in [0.5, 0.6) is 0 Å². The second-order valence-electron chi connectivity index (χ2n) is 9.10. The van der Waals surface area contributed by atoms with Gasteiger partial charge in [0.05, 0.1) is 10.9 Å². The second kappa shape index (κ2) is 13.1. The molecule has 0 aliphatic rings. The number of nitrogens with one attached hydrogen (secondary N) is 2. The van der Waals surface area contributed by atoms with Crippen molar-refractivity contribution in [1.82, 2.24) is 15.0 Å². The molecule has 4 aromatic rings. The maximum absolute atomic E-state index is 12.6. The molecule has 0 saturated carbocycles. The molecule has 0 bridgehead atoms. The summed E-state index contributed by atoms with van der Waals surface area (Å²) in [5.74, 6) is -0.227. The van der Waals surface area contributed by atoms with Crippen molar-refractivity contribution < 1.29 is 27.5 Å². The lowest BCUT2D eigenvalue weighted by molar-refractivity contribution is 0.0827. The summed E-state index contributed by atoms with van der Waals surface area (Å²) >= 11 is 0. The van der Waals surface area contributed by atoms with Crippen LogP contribution in [-0.4, -0.2) is 43.1 Å². The fourth-order valence-corrected chi connectivity index (χ4v) is 4.82. The first kappa shape index (κ1) is 28.6. The van der Waals surface area contributed by atoms with Gasteiger partial charge in [-0.25, -0.2) is 22.9 Å². The number of carbonyl (C=O) groups is 1. The number of aliphatic hydroxyl groups excluding tert-OH is 1. The summed E-state index contributed by atoms with van der Waals surface area (Å²) in [6, 6.07) is 21.7. The maximum atomic E-state index is 12.6. The van der Waals surface area contributed by atoms with Crippen LogP contribution in [0, 0.1) is 6.92 Å². The van der Waals surface area contributed by atoms with Crippen LogP contribution < -0.4 is 15.8 Å². The Kier molecular flexibility index (Phi) is 9.35. The second-order valence-corrected chi connectivity index (χ2v) is 10.8. The number of amides is 1. The summed E-state index contributed by atoms with van der Waals surface area (Å²) < 4.78 is 38.3. The van der Waals surface area contributed by atoms with E-state index in [1.165, 1.54) is 12.1 Å². The number of carbonyl (C=O) groups excluding carboxylic acids is 1. The van der Waals surface area contributed by atoms with Crippen molar-refractivity contribution in [3.63, 3.8) is 0 Å². The molecule has 5 N–H and O–H groups in total. The zero-order chi connectivity index (χ0) is 28.5. The number of aryl methyl sites for hydroxylation is 1. The van der Waals surface area contributed by atoms with E-state index in [1.807, 2.05) is 37.3 Å². The van der Waals surface area contributed by atoms with Crippen LogP contribution in [0.2, 0.25) is 0 Å². The molecule has 0 aliphatic heterocycles. The van der Waals surface area contributed by atoms with Gasteiger partial charge in [-0.2, -0.15) is 0 Å². The number of oxazole rings is 1. The van der Waals surface area contributed by atoms with E-state index < -0.39 is 28.3 Å². The molecule has 12 heteroatoms. The van der Waals surface area contributed by atoms with Crippen LogP contribution in [-0.2, 0) is 21.4 Å². The number of hydrogen-bond acceptors (Lipinski definition) is 8. The standard InChI is InChI=1S/C28H31N5O6S/c1-19-13-15-21(16-14-19)40(36,37)33-27(29)30-17-7-11-23(32-28(35)38-18-20-8-3-2-4-9-20)25(34)26-31-22-10-5-6-12-24(22)39-26/h2-6,8-10,12-16,23,25,34H,7,11,17-18H2,1H3,(H,32,35)(H3,29,30,33)/t23-,25?/m0/s1. The Hall–Kier alpha value is -4.42. The molecule has 1 heterocycles. The Labute approximate surface area is 232 Å². The number of ether oxygens (including phenoxy) is 1. The number of aliphatic hydroxyl groups is 1. The monoisotopic (exact) mass is 565 g/mol. The molecule has 1 aromatic heterocycles. The average molecular weight is 566 g/mol. The minimum atomic E-state index is -3.88. The van der Waals surface area contributed by atoms with Crippen LogP contribution in [0.15, 0.2) is 93.2 Å². The molecule has 1 amide bonds. The quantitative estimate of drug-likeness (QED) is 0.122. The maximum Gasteiger partial charge on any atom is 0.407 e. The highest BCUT2D eigenvalue weighted by molar-refractivity contribution is 7.90. The van der Waals surface area contributed by atoms with Gasteiger partial charge in [-0.3, -0.25) is 4.99 Å². The molecule has 3 aromatic carbocycles. The van der Waals surface area contributed by atoms with Gasteiger partial charge in [0.25, 0.3) is 10.0 Å². The molecule has 210 valence electrons. The van der Waals surface area contributed by atoms with Gasteiger partial charge in [0.1, 0.15) is 12.1 Å². The van der Waals surface area contributed by atoms with Crippen LogP contribution >= 0.6 is 0 Å². The van der Waals surface area contributed by atoms with E-state index in [0.29, 0.717) is 17.5 Å². The third-order valence-electron chi connectivity index (χ3n) is 5.99. The van der Waals surface area contributed by atoms with Gasteiger partial charge < -0.3 is 25.3 Å². The molecule has 0 aliphatic carbocycles. The topological polar surface area (TPSA) is 169 Å². The summed E-state index contributed by atoms with van der Waals surface area (Å²) in [5, 5.41) is 13.7. The molecule has 1 unspecified atom stereocenters. The first-order valence-electron chi connectivity index (χ1n) is 12.6. The van der Waals surface area contributed by atoms with Gasteiger partial charge in [0.15, 0.2) is 11.7 Å². The zero-order valence-electron chi connectivity index (χ0n) is 21.9. The molecule has 0 radical (unpaired) electrons. The normalized spacial score (nSPS) is 13.5. The van der Waals surface area contributed by atoms with Gasteiger partial charge in [0.2, 0.25) is 11.9 Å². The van der Waals surface area contributed by atoms with Crippen molar-refractivity contribution in [2.45, 2.75) is 43.4 Å².